The fraction of sp³-hybridized carbons (Fsp3) is 0.412. The van der Waals surface area contributed by atoms with Gasteiger partial charge in [0, 0.05) is 0 Å². The monoisotopic (exact) mass is 284 g/mol. The molecule has 0 spiro atoms. The Balaban J connectivity index is 0.000000306. The summed E-state index contributed by atoms with van der Waals surface area (Å²) in [5, 5.41) is 0. The molecule has 0 aromatic heterocycles. The number of aryl methyl sites for hydroxylation is 4. The predicted octanol–water partition coefficient (Wildman–Crippen LogP) is 4.97. The zero-order chi connectivity index (χ0) is 13.2. The molecule has 0 bridgehead atoms. The Bertz CT molecular complexity index is 456. The Hall–Kier alpha value is -0.781. The molecule has 0 heterocycles. The number of rotatable bonds is 0. The van der Waals surface area contributed by atoms with Crippen molar-refractivity contribution in [2.45, 2.75) is 48.5 Å². The zero-order valence-electron chi connectivity index (χ0n) is 12.6. The van der Waals surface area contributed by atoms with Crippen molar-refractivity contribution in [2.24, 2.45) is 0 Å². The van der Waals surface area contributed by atoms with E-state index in [-0.39, 0.29) is 17.1 Å². The molecule has 100 valence electrons. The minimum atomic E-state index is 0. The summed E-state index contributed by atoms with van der Waals surface area (Å²) >= 11 is 0. The van der Waals surface area contributed by atoms with Gasteiger partial charge in [0.25, 0.3) is 0 Å². The summed E-state index contributed by atoms with van der Waals surface area (Å²) in [7, 11) is 0. The minimum Gasteiger partial charge on any atom is -0.210 e. The summed E-state index contributed by atoms with van der Waals surface area (Å²) in [5.74, 6) is 0. The smallest absolute Gasteiger partial charge is 0.210 e. The quantitative estimate of drug-likeness (QED) is 0.473. The van der Waals surface area contributed by atoms with E-state index < -0.39 is 0 Å². The predicted molar refractivity (Wildman–Crippen MR) is 77.2 cm³/mol. The second kappa shape index (κ2) is 6.97. The van der Waals surface area contributed by atoms with Gasteiger partial charge >= 0.3 is 17.1 Å². The van der Waals surface area contributed by atoms with Gasteiger partial charge in [-0.3, -0.25) is 0 Å². The van der Waals surface area contributed by atoms with Crippen LogP contribution in [0.4, 0.5) is 0 Å². The molecule has 2 rings (SSSR count). The fourth-order valence-corrected chi connectivity index (χ4v) is 1.94. The van der Waals surface area contributed by atoms with Crippen molar-refractivity contribution in [1.82, 2.24) is 0 Å². The minimum absolute atomic E-state index is 0. The van der Waals surface area contributed by atoms with Crippen LogP contribution in [0, 0.1) is 48.5 Å². The summed E-state index contributed by atoms with van der Waals surface area (Å²) in [6.07, 6.45) is 0. The van der Waals surface area contributed by atoms with Crippen molar-refractivity contribution in [2.75, 3.05) is 0 Å². The number of hydrogen-bond acceptors (Lipinski definition) is 0. The van der Waals surface area contributed by atoms with E-state index in [0.717, 1.165) is 0 Å². The Kier molecular flexibility index (Phi) is 6.67. The van der Waals surface area contributed by atoms with Crippen molar-refractivity contribution in [3.63, 3.8) is 0 Å². The summed E-state index contributed by atoms with van der Waals surface area (Å²) in [6.45, 7) is 15.1. The van der Waals surface area contributed by atoms with Crippen molar-refractivity contribution in [3.05, 3.63) is 57.1 Å². The normalized spacial score (nSPS) is 9.50. The van der Waals surface area contributed by atoms with Crippen LogP contribution in [0.15, 0.2) is 18.2 Å². The molecule has 18 heavy (non-hydrogen) atoms. The summed E-state index contributed by atoms with van der Waals surface area (Å²) in [5.41, 5.74) is 9.99. The van der Waals surface area contributed by atoms with Gasteiger partial charge < -0.3 is 0 Å². The summed E-state index contributed by atoms with van der Waals surface area (Å²) in [6, 6.07) is 6.56. The van der Waals surface area contributed by atoms with E-state index in [1.54, 1.807) is 0 Å². The first kappa shape index (κ1) is 17.2. The van der Waals surface area contributed by atoms with Gasteiger partial charge in [0.15, 0.2) is 0 Å². The molecule has 0 fully saturated rings. The van der Waals surface area contributed by atoms with E-state index >= 15 is 0 Å². The Morgan fingerprint density at radius 3 is 1.44 bits per heavy atom. The van der Waals surface area contributed by atoms with Gasteiger partial charge in [0.2, 0.25) is 0 Å². The molecule has 0 saturated heterocycles. The molecule has 0 nitrogen and oxygen atoms in total. The van der Waals surface area contributed by atoms with Crippen LogP contribution in [0.2, 0.25) is 0 Å². The van der Waals surface area contributed by atoms with Crippen molar-refractivity contribution < 1.29 is 17.1 Å². The van der Waals surface area contributed by atoms with E-state index in [2.05, 4.69) is 66.7 Å². The summed E-state index contributed by atoms with van der Waals surface area (Å²) in [4.78, 5) is 0. The van der Waals surface area contributed by atoms with Crippen LogP contribution >= 0.6 is 0 Å². The van der Waals surface area contributed by atoms with Gasteiger partial charge in [-0.1, -0.05) is 48.5 Å². The second-order valence-electron chi connectivity index (χ2n) is 5.08. The topological polar surface area (TPSA) is 0 Å². The van der Waals surface area contributed by atoms with Gasteiger partial charge in [0.1, 0.15) is 0 Å². The average Bonchev–Trinajstić information content (AvgIpc) is 2.69. The Morgan fingerprint density at radius 2 is 1.33 bits per heavy atom. The maximum absolute atomic E-state index is 2.24. The van der Waals surface area contributed by atoms with Gasteiger partial charge in [-0.05, 0) is 0 Å². The standard InChI is InChI=1S/C9H13.C8H11.Fe/c1-6-5-7(2)9(4)8(6)3;1-6-4-5-7(2)8(6)3;/h5H,1-4H3;4-5H,1-3H3;/q2*-1;+2. The zero-order valence-corrected chi connectivity index (χ0v) is 13.7. The van der Waals surface area contributed by atoms with Crippen molar-refractivity contribution >= 4 is 0 Å². The van der Waals surface area contributed by atoms with Gasteiger partial charge in [-0.2, -0.15) is 51.1 Å². The third-order valence-corrected chi connectivity index (χ3v) is 3.94. The first-order chi connectivity index (χ1) is 7.84. The van der Waals surface area contributed by atoms with E-state index in [1.165, 1.54) is 38.9 Å². The number of hydrogen-bond donors (Lipinski definition) is 0. The van der Waals surface area contributed by atoms with E-state index in [9.17, 15) is 0 Å². The van der Waals surface area contributed by atoms with Crippen LogP contribution in [-0.4, -0.2) is 0 Å². The van der Waals surface area contributed by atoms with Crippen LogP contribution < -0.4 is 0 Å². The maximum Gasteiger partial charge on any atom is 2.00 e. The molecule has 0 aliphatic heterocycles. The molecule has 0 aliphatic rings. The first-order valence-corrected chi connectivity index (χ1v) is 6.24. The van der Waals surface area contributed by atoms with Gasteiger partial charge in [-0.25, -0.2) is 6.07 Å². The molecule has 2 aromatic rings. The van der Waals surface area contributed by atoms with Crippen molar-refractivity contribution in [3.8, 4) is 0 Å². The molecular weight excluding hydrogens is 260 g/mol. The van der Waals surface area contributed by atoms with Crippen molar-refractivity contribution in [1.29, 1.82) is 0 Å². The summed E-state index contributed by atoms with van der Waals surface area (Å²) < 4.78 is 0. The second-order valence-corrected chi connectivity index (χ2v) is 5.08. The molecular formula is C17H24Fe. The van der Waals surface area contributed by atoms with Crippen LogP contribution in [-0.2, 0) is 17.1 Å². The van der Waals surface area contributed by atoms with Crippen LogP contribution in [0.25, 0.3) is 0 Å². The third-order valence-electron chi connectivity index (χ3n) is 3.94. The maximum atomic E-state index is 2.24. The molecule has 1 heteroatoms. The Morgan fingerprint density at radius 1 is 0.778 bits per heavy atom. The van der Waals surface area contributed by atoms with Crippen LogP contribution in [0.3, 0.4) is 0 Å². The molecule has 0 atom stereocenters. The molecule has 0 saturated carbocycles. The Labute approximate surface area is 123 Å². The van der Waals surface area contributed by atoms with E-state index in [1.807, 2.05) is 0 Å². The average molecular weight is 284 g/mol. The molecule has 0 unspecified atom stereocenters. The molecule has 0 N–H and O–H groups in total. The van der Waals surface area contributed by atoms with E-state index in [4.69, 9.17) is 0 Å². The van der Waals surface area contributed by atoms with Gasteiger partial charge in [0.05, 0.1) is 0 Å². The van der Waals surface area contributed by atoms with E-state index in [0.29, 0.717) is 0 Å². The van der Waals surface area contributed by atoms with Crippen LogP contribution in [0.1, 0.15) is 38.9 Å². The molecule has 2 aromatic carbocycles. The van der Waals surface area contributed by atoms with Crippen LogP contribution in [0.5, 0.6) is 0 Å². The molecule has 0 amide bonds. The third kappa shape index (κ3) is 3.86. The molecule has 0 radical (unpaired) electrons. The first-order valence-electron chi connectivity index (χ1n) is 6.24. The molecule has 0 aliphatic carbocycles. The van der Waals surface area contributed by atoms with Gasteiger partial charge in [-0.15, -0.1) is 0 Å². The largest absolute Gasteiger partial charge is 2.00 e. The SMILES string of the molecule is Cc1c[c-](C)c(C)c1C.Cc1cc[c-](C)c1C.[Fe+2]. The fourth-order valence-electron chi connectivity index (χ4n) is 1.94.